The highest BCUT2D eigenvalue weighted by molar-refractivity contribution is 7.99. The number of nitrogens with zero attached hydrogens (tertiary/aromatic N) is 1. The number of carbonyl (C=O) groups is 1. The van der Waals surface area contributed by atoms with E-state index in [-0.39, 0.29) is 4.90 Å². The van der Waals surface area contributed by atoms with Gasteiger partial charge < -0.3 is 5.32 Å². The smallest absolute Gasteiger partial charge is 0.242 e. The summed E-state index contributed by atoms with van der Waals surface area (Å²) in [4.78, 5) is 12.3. The summed E-state index contributed by atoms with van der Waals surface area (Å²) in [7, 11) is -0.644. The second kappa shape index (κ2) is 8.81. The summed E-state index contributed by atoms with van der Waals surface area (Å²) >= 11 is 1.23. The lowest BCUT2D eigenvalue weighted by Gasteiger charge is -2.14. The van der Waals surface area contributed by atoms with Crippen molar-refractivity contribution in [2.45, 2.75) is 22.8 Å². The summed E-state index contributed by atoms with van der Waals surface area (Å²) in [5, 5.41) is 1.65. The van der Waals surface area contributed by atoms with Crippen molar-refractivity contribution >= 4 is 33.4 Å². The number of amides is 1. The van der Waals surface area contributed by atoms with Gasteiger partial charge in [0.15, 0.2) is 0 Å². The molecule has 0 aliphatic rings. The Bertz CT molecular complexity index is 914. The van der Waals surface area contributed by atoms with Crippen LogP contribution in [0, 0.1) is 11.6 Å². The summed E-state index contributed by atoms with van der Waals surface area (Å²) in [5.41, 5.74) is 0.244. The molecule has 0 bridgehead atoms. The Hall–Kier alpha value is -1.97. The summed E-state index contributed by atoms with van der Waals surface area (Å²) in [5.74, 6) is -1.86. The average Bonchev–Trinajstić information content (AvgIpc) is 2.62. The number of thioether (sulfide) groups is 1. The van der Waals surface area contributed by atoms with Crippen LogP contribution in [0.5, 0.6) is 0 Å². The van der Waals surface area contributed by atoms with E-state index >= 15 is 0 Å². The molecule has 146 valence electrons. The molecule has 2 aromatic rings. The first-order chi connectivity index (χ1) is 12.6. The van der Waals surface area contributed by atoms with Crippen LogP contribution in [0.25, 0.3) is 0 Å². The Morgan fingerprint density at radius 3 is 2.33 bits per heavy atom. The lowest BCUT2D eigenvalue weighted by Crippen LogP contribution is -2.24. The summed E-state index contributed by atoms with van der Waals surface area (Å²) in [6, 6.07) is 9.77. The van der Waals surface area contributed by atoms with E-state index in [9.17, 15) is 22.0 Å². The standard InChI is InChI=1S/C18H20F2N2O3S2/c1-12(18(23)21-17-15(19)8-5-9-16(17)20)26-11-13-6-4-7-14(10-13)27(24,25)22(2)3/h4-10,12H,11H2,1-3H3,(H,21,23). The predicted molar refractivity (Wildman–Crippen MR) is 103 cm³/mol. The van der Waals surface area contributed by atoms with Gasteiger partial charge in [-0.2, -0.15) is 0 Å². The number of rotatable bonds is 7. The molecule has 0 saturated heterocycles. The van der Waals surface area contributed by atoms with Crippen molar-refractivity contribution in [2.24, 2.45) is 0 Å². The second-order valence-electron chi connectivity index (χ2n) is 5.97. The van der Waals surface area contributed by atoms with Crippen molar-refractivity contribution < 1.29 is 22.0 Å². The van der Waals surface area contributed by atoms with Gasteiger partial charge in [-0.05, 0) is 36.8 Å². The number of sulfonamides is 1. The molecule has 5 nitrogen and oxygen atoms in total. The first-order valence-corrected chi connectivity index (χ1v) is 10.5. The van der Waals surface area contributed by atoms with Gasteiger partial charge in [-0.3, -0.25) is 4.79 Å². The molecule has 1 amide bonds. The molecule has 0 saturated carbocycles. The van der Waals surface area contributed by atoms with Gasteiger partial charge in [0.1, 0.15) is 17.3 Å². The molecule has 0 aromatic heterocycles. The van der Waals surface area contributed by atoms with Crippen molar-refractivity contribution in [1.82, 2.24) is 4.31 Å². The molecule has 0 heterocycles. The highest BCUT2D eigenvalue weighted by Crippen LogP contribution is 2.24. The Balaban J connectivity index is 2.03. The molecule has 27 heavy (non-hydrogen) atoms. The molecule has 2 aromatic carbocycles. The maximum Gasteiger partial charge on any atom is 0.242 e. The van der Waals surface area contributed by atoms with E-state index in [4.69, 9.17) is 0 Å². The Kier molecular flexibility index (Phi) is 6.96. The molecule has 0 aliphatic heterocycles. The molecule has 1 unspecified atom stereocenters. The fourth-order valence-corrected chi connectivity index (χ4v) is 3.95. The Morgan fingerprint density at radius 2 is 1.74 bits per heavy atom. The van der Waals surface area contributed by atoms with Crippen LogP contribution >= 0.6 is 11.8 Å². The quantitative estimate of drug-likeness (QED) is 0.753. The number of carbonyl (C=O) groups excluding carboxylic acids is 1. The van der Waals surface area contributed by atoms with Crippen LogP contribution in [0.1, 0.15) is 12.5 Å². The molecule has 2 rings (SSSR count). The highest BCUT2D eigenvalue weighted by Gasteiger charge is 2.19. The zero-order valence-electron chi connectivity index (χ0n) is 15.1. The molecule has 0 aliphatic carbocycles. The average molecular weight is 414 g/mol. The predicted octanol–water partition coefficient (Wildman–Crippen LogP) is 3.48. The molecular formula is C18H20F2N2O3S2. The number of hydrogen-bond acceptors (Lipinski definition) is 4. The number of nitrogens with one attached hydrogen (secondary N) is 1. The van der Waals surface area contributed by atoms with Gasteiger partial charge in [-0.25, -0.2) is 21.5 Å². The highest BCUT2D eigenvalue weighted by atomic mass is 32.2. The summed E-state index contributed by atoms with van der Waals surface area (Å²) in [6.07, 6.45) is 0. The SMILES string of the molecule is CC(SCc1cccc(S(=O)(=O)N(C)C)c1)C(=O)Nc1c(F)cccc1F. The van der Waals surface area contributed by atoms with Crippen LogP contribution in [0.4, 0.5) is 14.5 Å². The number of anilines is 1. The van der Waals surface area contributed by atoms with Crippen LogP contribution in [-0.4, -0.2) is 38.0 Å². The normalized spacial score (nSPS) is 12.8. The van der Waals surface area contributed by atoms with E-state index in [2.05, 4.69) is 5.32 Å². The van der Waals surface area contributed by atoms with Crippen molar-refractivity contribution in [3.63, 3.8) is 0 Å². The maximum absolute atomic E-state index is 13.6. The fraction of sp³-hybridized carbons (Fsp3) is 0.278. The molecule has 9 heteroatoms. The van der Waals surface area contributed by atoms with Gasteiger partial charge in [0.05, 0.1) is 10.1 Å². The lowest BCUT2D eigenvalue weighted by molar-refractivity contribution is -0.115. The Labute approximate surface area is 161 Å². The van der Waals surface area contributed by atoms with Crippen molar-refractivity contribution in [3.8, 4) is 0 Å². The van der Waals surface area contributed by atoms with Crippen molar-refractivity contribution in [1.29, 1.82) is 0 Å². The second-order valence-corrected chi connectivity index (χ2v) is 9.45. The zero-order valence-corrected chi connectivity index (χ0v) is 16.7. The van der Waals surface area contributed by atoms with Crippen LogP contribution in [0.15, 0.2) is 47.4 Å². The number of benzene rings is 2. The summed E-state index contributed by atoms with van der Waals surface area (Å²) in [6.45, 7) is 1.61. The van der Waals surface area contributed by atoms with E-state index < -0.39 is 38.5 Å². The topological polar surface area (TPSA) is 66.5 Å². The minimum atomic E-state index is -3.54. The van der Waals surface area contributed by atoms with Crippen molar-refractivity contribution in [2.75, 3.05) is 19.4 Å². The van der Waals surface area contributed by atoms with Crippen LogP contribution < -0.4 is 5.32 Å². The van der Waals surface area contributed by atoms with E-state index in [1.54, 1.807) is 25.1 Å². The molecule has 0 fully saturated rings. The van der Waals surface area contributed by atoms with Crippen LogP contribution in [-0.2, 0) is 20.6 Å². The molecule has 1 N–H and O–H groups in total. The molecule has 1 atom stereocenters. The van der Waals surface area contributed by atoms with Crippen LogP contribution in [0.3, 0.4) is 0 Å². The third-order valence-electron chi connectivity index (χ3n) is 3.76. The van der Waals surface area contributed by atoms with E-state index in [1.165, 1.54) is 38.0 Å². The van der Waals surface area contributed by atoms with Gasteiger partial charge in [0.25, 0.3) is 0 Å². The number of para-hydroxylation sites is 1. The van der Waals surface area contributed by atoms with E-state index in [1.807, 2.05) is 0 Å². The minimum Gasteiger partial charge on any atom is -0.320 e. The maximum atomic E-state index is 13.6. The summed E-state index contributed by atoms with van der Waals surface area (Å²) < 4.78 is 52.7. The van der Waals surface area contributed by atoms with Crippen molar-refractivity contribution in [3.05, 3.63) is 59.7 Å². The Morgan fingerprint density at radius 1 is 1.15 bits per heavy atom. The van der Waals surface area contributed by atoms with Gasteiger partial charge in [0.2, 0.25) is 15.9 Å². The number of halogens is 2. The van der Waals surface area contributed by atoms with E-state index in [0.29, 0.717) is 5.75 Å². The van der Waals surface area contributed by atoms with Gasteiger partial charge in [0, 0.05) is 19.8 Å². The monoisotopic (exact) mass is 414 g/mol. The first kappa shape index (κ1) is 21.3. The molecule has 0 spiro atoms. The number of hydrogen-bond donors (Lipinski definition) is 1. The first-order valence-electron chi connectivity index (χ1n) is 8.01. The van der Waals surface area contributed by atoms with Gasteiger partial charge in [-0.1, -0.05) is 18.2 Å². The van der Waals surface area contributed by atoms with E-state index in [0.717, 1.165) is 22.0 Å². The third-order valence-corrected chi connectivity index (χ3v) is 6.78. The third kappa shape index (κ3) is 5.27. The van der Waals surface area contributed by atoms with Crippen LogP contribution in [0.2, 0.25) is 0 Å². The van der Waals surface area contributed by atoms with Gasteiger partial charge in [-0.15, -0.1) is 11.8 Å². The fourth-order valence-electron chi connectivity index (χ4n) is 2.15. The van der Waals surface area contributed by atoms with Gasteiger partial charge >= 0.3 is 0 Å². The minimum absolute atomic E-state index is 0.163. The molecular weight excluding hydrogens is 394 g/mol. The lowest BCUT2D eigenvalue weighted by atomic mass is 10.2. The zero-order chi connectivity index (χ0) is 20.2. The largest absolute Gasteiger partial charge is 0.320 e. The molecule has 0 radical (unpaired) electrons.